The molecular formula is C12H11BrClNS. The third kappa shape index (κ3) is 2.48. The van der Waals surface area contributed by atoms with Gasteiger partial charge in [-0.3, -0.25) is 0 Å². The second kappa shape index (κ2) is 5.32. The van der Waals surface area contributed by atoms with Crippen molar-refractivity contribution in [3.05, 3.63) is 55.6 Å². The lowest BCUT2D eigenvalue weighted by Gasteiger charge is -2.14. The Morgan fingerprint density at radius 1 is 1.25 bits per heavy atom. The van der Waals surface area contributed by atoms with E-state index < -0.39 is 0 Å². The summed E-state index contributed by atoms with van der Waals surface area (Å²) >= 11 is 11.4. The van der Waals surface area contributed by atoms with Crippen LogP contribution in [0.3, 0.4) is 0 Å². The van der Waals surface area contributed by atoms with Crippen LogP contribution >= 0.6 is 38.9 Å². The SMILES string of the molecule is NCC(c1ccc(Br)s1)c1ccccc1Cl. The first-order chi connectivity index (χ1) is 7.72. The molecule has 0 saturated heterocycles. The first-order valence-electron chi connectivity index (χ1n) is 4.92. The molecule has 1 nitrogen and oxygen atoms in total. The van der Waals surface area contributed by atoms with Gasteiger partial charge in [0.25, 0.3) is 0 Å². The average molecular weight is 317 g/mol. The van der Waals surface area contributed by atoms with Gasteiger partial charge in [0, 0.05) is 22.4 Å². The van der Waals surface area contributed by atoms with Gasteiger partial charge in [0.15, 0.2) is 0 Å². The predicted octanol–water partition coefficient (Wildman–Crippen LogP) is 4.25. The number of halogens is 2. The fourth-order valence-electron chi connectivity index (χ4n) is 1.67. The molecule has 0 amide bonds. The van der Waals surface area contributed by atoms with E-state index in [1.807, 2.05) is 30.3 Å². The molecular weight excluding hydrogens is 306 g/mol. The Bertz CT molecular complexity index is 483. The summed E-state index contributed by atoms with van der Waals surface area (Å²) in [5, 5.41) is 0.780. The molecule has 16 heavy (non-hydrogen) atoms. The van der Waals surface area contributed by atoms with Crippen molar-refractivity contribution in [2.45, 2.75) is 5.92 Å². The molecule has 1 aromatic carbocycles. The van der Waals surface area contributed by atoms with Crippen molar-refractivity contribution < 1.29 is 0 Å². The lowest BCUT2D eigenvalue weighted by atomic mass is 9.98. The van der Waals surface area contributed by atoms with Crippen LogP contribution in [-0.2, 0) is 0 Å². The fourth-order valence-corrected chi connectivity index (χ4v) is 3.49. The fraction of sp³-hybridized carbons (Fsp3) is 0.167. The Kier molecular flexibility index (Phi) is 4.03. The van der Waals surface area contributed by atoms with Crippen LogP contribution in [0.5, 0.6) is 0 Å². The van der Waals surface area contributed by atoms with Gasteiger partial charge in [-0.25, -0.2) is 0 Å². The van der Waals surface area contributed by atoms with Crippen molar-refractivity contribution in [1.82, 2.24) is 0 Å². The minimum Gasteiger partial charge on any atom is -0.329 e. The minimum atomic E-state index is 0.185. The van der Waals surface area contributed by atoms with Crippen LogP contribution < -0.4 is 5.73 Å². The number of hydrogen-bond donors (Lipinski definition) is 1. The number of nitrogens with two attached hydrogens (primary N) is 1. The molecule has 1 atom stereocenters. The van der Waals surface area contributed by atoms with Crippen molar-refractivity contribution >= 4 is 38.9 Å². The van der Waals surface area contributed by atoms with E-state index >= 15 is 0 Å². The second-order valence-electron chi connectivity index (χ2n) is 3.45. The van der Waals surface area contributed by atoms with E-state index in [2.05, 4.69) is 22.0 Å². The zero-order chi connectivity index (χ0) is 11.5. The molecule has 1 aromatic heterocycles. The van der Waals surface area contributed by atoms with Crippen LogP contribution in [0.4, 0.5) is 0 Å². The summed E-state index contributed by atoms with van der Waals surface area (Å²) in [5.41, 5.74) is 6.95. The monoisotopic (exact) mass is 315 g/mol. The van der Waals surface area contributed by atoms with E-state index in [9.17, 15) is 0 Å². The molecule has 0 spiro atoms. The number of thiophene rings is 1. The van der Waals surface area contributed by atoms with Gasteiger partial charge in [0.2, 0.25) is 0 Å². The maximum absolute atomic E-state index is 6.19. The van der Waals surface area contributed by atoms with Crippen molar-refractivity contribution in [3.8, 4) is 0 Å². The molecule has 1 unspecified atom stereocenters. The summed E-state index contributed by atoms with van der Waals surface area (Å²) in [7, 11) is 0. The molecule has 1 heterocycles. The molecule has 2 aromatic rings. The molecule has 2 rings (SSSR count). The van der Waals surface area contributed by atoms with Gasteiger partial charge in [-0.2, -0.15) is 0 Å². The standard InChI is InChI=1S/C12H11BrClNS/c13-12-6-5-11(16-12)9(7-15)8-3-1-2-4-10(8)14/h1-6,9H,7,15H2. The molecule has 0 aliphatic heterocycles. The molecule has 0 bridgehead atoms. The highest BCUT2D eigenvalue weighted by molar-refractivity contribution is 9.11. The Morgan fingerprint density at radius 2 is 2.00 bits per heavy atom. The molecule has 0 aliphatic carbocycles. The lowest BCUT2D eigenvalue weighted by Crippen LogP contribution is -2.12. The molecule has 0 saturated carbocycles. The molecule has 0 fully saturated rings. The third-order valence-corrected chi connectivity index (χ3v) is 4.54. The summed E-state index contributed by atoms with van der Waals surface area (Å²) in [4.78, 5) is 1.24. The molecule has 4 heteroatoms. The predicted molar refractivity (Wildman–Crippen MR) is 74.4 cm³/mol. The highest BCUT2D eigenvalue weighted by Gasteiger charge is 2.16. The summed E-state index contributed by atoms with van der Waals surface area (Å²) < 4.78 is 1.12. The van der Waals surface area contributed by atoms with Crippen molar-refractivity contribution in [2.24, 2.45) is 5.73 Å². The Labute approximate surface area is 112 Å². The van der Waals surface area contributed by atoms with E-state index in [4.69, 9.17) is 17.3 Å². The topological polar surface area (TPSA) is 26.0 Å². The highest BCUT2D eigenvalue weighted by atomic mass is 79.9. The van der Waals surface area contributed by atoms with Gasteiger partial charge in [-0.05, 0) is 39.7 Å². The smallest absolute Gasteiger partial charge is 0.0701 e. The Balaban J connectivity index is 2.40. The van der Waals surface area contributed by atoms with Gasteiger partial charge in [0.1, 0.15) is 0 Å². The van der Waals surface area contributed by atoms with Gasteiger partial charge >= 0.3 is 0 Å². The summed E-state index contributed by atoms with van der Waals surface area (Å²) in [6, 6.07) is 12.0. The minimum absolute atomic E-state index is 0.185. The van der Waals surface area contributed by atoms with E-state index in [-0.39, 0.29) is 5.92 Å². The van der Waals surface area contributed by atoms with Crippen molar-refractivity contribution in [1.29, 1.82) is 0 Å². The van der Waals surface area contributed by atoms with Crippen LogP contribution in [0.1, 0.15) is 16.4 Å². The van der Waals surface area contributed by atoms with Crippen LogP contribution in [0.25, 0.3) is 0 Å². The first kappa shape index (κ1) is 12.1. The van der Waals surface area contributed by atoms with Crippen LogP contribution in [0.2, 0.25) is 5.02 Å². The number of benzene rings is 1. The van der Waals surface area contributed by atoms with Crippen LogP contribution in [-0.4, -0.2) is 6.54 Å². The first-order valence-corrected chi connectivity index (χ1v) is 6.91. The van der Waals surface area contributed by atoms with Gasteiger partial charge in [-0.15, -0.1) is 11.3 Å². The van der Waals surface area contributed by atoms with Crippen LogP contribution in [0, 0.1) is 0 Å². The largest absolute Gasteiger partial charge is 0.329 e. The molecule has 0 radical (unpaired) electrons. The normalized spacial score (nSPS) is 12.7. The Hall–Kier alpha value is -0.350. The van der Waals surface area contributed by atoms with Crippen LogP contribution in [0.15, 0.2) is 40.2 Å². The zero-order valence-electron chi connectivity index (χ0n) is 8.49. The average Bonchev–Trinajstić information content (AvgIpc) is 2.69. The summed E-state index contributed by atoms with van der Waals surface area (Å²) in [6.07, 6.45) is 0. The third-order valence-electron chi connectivity index (χ3n) is 2.45. The highest BCUT2D eigenvalue weighted by Crippen LogP contribution is 2.34. The van der Waals surface area contributed by atoms with Gasteiger partial charge in [-0.1, -0.05) is 29.8 Å². The van der Waals surface area contributed by atoms with E-state index in [1.54, 1.807) is 11.3 Å². The second-order valence-corrected chi connectivity index (χ2v) is 6.35. The van der Waals surface area contributed by atoms with Gasteiger partial charge in [0.05, 0.1) is 3.79 Å². The Morgan fingerprint density at radius 3 is 2.56 bits per heavy atom. The van der Waals surface area contributed by atoms with E-state index in [0.717, 1.165) is 14.4 Å². The lowest BCUT2D eigenvalue weighted by molar-refractivity contribution is 0.836. The van der Waals surface area contributed by atoms with Crippen molar-refractivity contribution in [2.75, 3.05) is 6.54 Å². The molecule has 84 valence electrons. The summed E-state index contributed by atoms with van der Waals surface area (Å²) in [6.45, 7) is 0.566. The van der Waals surface area contributed by atoms with E-state index in [0.29, 0.717) is 6.54 Å². The maximum atomic E-state index is 6.19. The van der Waals surface area contributed by atoms with Gasteiger partial charge < -0.3 is 5.73 Å². The van der Waals surface area contributed by atoms with E-state index in [1.165, 1.54) is 4.88 Å². The zero-order valence-corrected chi connectivity index (χ0v) is 11.6. The molecule has 2 N–H and O–H groups in total. The number of rotatable bonds is 3. The number of hydrogen-bond acceptors (Lipinski definition) is 2. The molecule has 0 aliphatic rings. The summed E-state index contributed by atoms with van der Waals surface area (Å²) in [5.74, 6) is 0.185. The van der Waals surface area contributed by atoms with Crippen molar-refractivity contribution in [3.63, 3.8) is 0 Å². The maximum Gasteiger partial charge on any atom is 0.0701 e. The quantitative estimate of drug-likeness (QED) is 0.900.